The van der Waals surface area contributed by atoms with Crippen molar-refractivity contribution in [3.8, 4) is 0 Å². The highest BCUT2D eigenvalue weighted by atomic mass is 127. The fourth-order valence-corrected chi connectivity index (χ4v) is 3.63. The van der Waals surface area contributed by atoms with Crippen LogP contribution in [0.1, 0.15) is 27.8 Å². The van der Waals surface area contributed by atoms with E-state index >= 15 is 0 Å². The summed E-state index contributed by atoms with van der Waals surface area (Å²) in [7, 11) is 1.16. The van der Waals surface area contributed by atoms with Crippen LogP contribution in [0.3, 0.4) is 0 Å². The molecule has 0 fully saturated rings. The SMILES string of the molecule is CCn1c(I)cc2ccnc(C(=O)Nc3ccc(F)c(C(=O)OC)c3)c21. The van der Waals surface area contributed by atoms with Gasteiger partial charge in [-0.25, -0.2) is 14.2 Å². The molecule has 0 aliphatic rings. The highest BCUT2D eigenvalue weighted by molar-refractivity contribution is 14.1. The molecule has 0 spiro atoms. The van der Waals surface area contributed by atoms with Crippen molar-refractivity contribution in [2.75, 3.05) is 12.4 Å². The number of ether oxygens (including phenoxy) is 1. The average Bonchev–Trinajstić information content (AvgIpc) is 2.97. The van der Waals surface area contributed by atoms with Gasteiger partial charge < -0.3 is 14.6 Å². The van der Waals surface area contributed by atoms with Crippen molar-refractivity contribution in [3.05, 3.63) is 57.3 Å². The Morgan fingerprint density at radius 1 is 1.31 bits per heavy atom. The average molecular weight is 467 g/mol. The minimum atomic E-state index is -0.812. The monoisotopic (exact) mass is 467 g/mol. The number of carbonyl (C=O) groups is 2. The molecule has 0 aliphatic carbocycles. The summed E-state index contributed by atoms with van der Waals surface area (Å²) in [4.78, 5) is 28.6. The predicted octanol–water partition coefficient (Wildman–Crippen LogP) is 3.84. The quantitative estimate of drug-likeness (QED) is 0.468. The van der Waals surface area contributed by atoms with Gasteiger partial charge >= 0.3 is 5.97 Å². The fraction of sp³-hybridized carbons (Fsp3) is 0.167. The Labute approximate surface area is 162 Å². The smallest absolute Gasteiger partial charge is 0.340 e. The second-order valence-corrected chi connectivity index (χ2v) is 6.55. The molecule has 0 saturated heterocycles. The van der Waals surface area contributed by atoms with Crippen molar-refractivity contribution < 1.29 is 18.7 Å². The Hall–Kier alpha value is -2.49. The number of carbonyl (C=O) groups excluding carboxylic acids is 2. The van der Waals surface area contributed by atoms with Crippen LogP contribution in [0.2, 0.25) is 0 Å². The number of amides is 1. The number of hydrogen-bond acceptors (Lipinski definition) is 4. The lowest BCUT2D eigenvalue weighted by Crippen LogP contribution is -2.16. The number of pyridine rings is 1. The van der Waals surface area contributed by atoms with Gasteiger partial charge in [0.2, 0.25) is 0 Å². The molecule has 0 radical (unpaired) electrons. The zero-order valence-electron chi connectivity index (χ0n) is 14.0. The van der Waals surface area contributed by atoms with Gasteiger partial charge in [0, 0.05) is 23.8 Å². The summed E-state index contributed by atoms with van der Waals surface area (Å²) in [6.45, 7) is 2.68. The lowest BCUT2D eigenvalue weighted by Gasteiger charge is -2.10. The molecular formula is C18H15FIN3O3. The van der Waals surface area contributed by atoms with Gasteiger partial charge in [-0.3, -0.25) is 4.79 Å². The molecule has 0 aliphatic heterocycles. The number of rotatable bonds is 4. The third kappa shape index (κ3) is 3.28. The molecule has 3 rings (SSSR count). The maximum absolute atomic E-state index is 13.7. The Morgan fingerprint density at radius 2 is 2.08 bits per heavy atom. The summed E-state index contributed by atoms with van der Waals surface area (Å²) in [6, 6.07) is 7.54. The van der Waals surface area contributed by atoms with Crippen molar-refractivity contribution in [3.63, 3.8) is 0 Å². The highest BCUT2D eigenvalue weighted by Gasteiger charge is 2.19. The first-order chi connectivity index (χ1) is 12.5. The maximum Gasteiger partial charge on any atom is 0.340 e. The number of halogens is 2. The molecule has 134 valence electrons. The molecule has 0 atom stereocenters. The van der Waals surface area contributed by atoms with E-state index in [2.05, 4.69) is 37.6 Å². The van der Waals surface area contributed by atoms with Gasteiger partial charge in [0.25, 0.3) is 5.91 Å². The van der Waals surface area contributed by atoms with E-state index in [-0.39, 0.29) is 16.9 Å². The zero-order valence-corrected chi connectivity index (χ0v) is 16.2. The van der Waals surface area contributed by atoms with Crippen LogP contribution in [0.5, 0.6) is 0 Å². The van der Waals surface area contributed by atoms with Crippen LogP contribution in [0, 0.1) is 9.52 Å². The van der Waals surface area contributed by atoms with E-state index in [0.29, 0.717) is 6.54 Å². The van der Waals surface area contributed by atoms with E-state index in [1.807, 2.05) is 23.6 Å². The summed E-state index contributed by atoms with van der Waals surface area (Å²) in [5, 5.41) is 3.57. The minimum Gasteiger partial charge on any atom is -0.465 e. The molecule has 0 saturated carbocycles. The number of benzene rings is 1. The largest absolute Gasteiger partial charge is 0.465 e. The molecule has 2 heterocycles. The fourth-order valence-electron chi connectivity index (χ4n) is 2.72. The lowest BCUT2D eigenvalue weighted by atomic mass is 10.1. The van der Waals surface area contributed by atoms with Gasteiger partial charge in [0.05, 0.1) is 21.9 Å². The first kappa shape index (κ1) is 18.3. The Kier molecular flexibility index (Phi) is 5.21. The molecule has 3 aromatic rings. The number of anilines is 1. The summed E-state index contributed by atoms with van der Waals surface area (Å²) >= 11 is 2.21. The van der Waals surface area contributed by atoms with Gasteiger partial charge in [-0.15, -0.1) is 0 Å². The van der Waals surface area contributed by atoms with Crippen molar-refractivity contribution >= 4 is 51.1 Å². The van der Waals surface area contributed by atoms with Crippen molar-refractivity contribution in [2.45, 2.75) is 13.5 Å². The van der Waals surface area contributed by atoms with Crippen LogP contribution >= 0.6 is 22.6 Å². The van der Waals surface area contributed by atoms with Crippen LogP contribution in [0.15, 0.2) is 36.5 Å². The number of esters is 1. The number of methoxy groups -OCH3 is 1. The molecule has 1 amide bonds. The molecule has 1 aromatic carbocycles. The zero-order chi connectivity index (χ0) is 18.8. The summed E-state index contributed by atoms with van der Waals surface area (Å²) < 4.78 is 21.3. The molecule has 0 unspecified atom stereocenters. The van der Waals surface area contributed by atoms with Crippen LogP contribution in [0.25, 0.3) is 10.9 Å². The molecule has 2 aromatic heterocycles. The number of nitrogens with one attached hydrogen (secondary N) is 1. The highest BCUT2D eigenvalue weighted by Crippen LogP contribution is 2.24. The Balaban J connectivity index is 1.99. The number of fused-ring (bicyclic) bond motifs is 1. The molecule has 26 heavy (non-hydrogen) atoms. The van der Waals surface area contributed by atoms with Crippen LogP contribution in [-0.4, -0.2) is 28.5 Å². The second-order valence-electron chi connectivity index (χ2n) is 5.45. The van der Waals surface area contributed by atoms with Gasteiger partial charge in [0.15, 0.2) is 5.69 Å². The number of nitrogens with zero attached hydrogens (tertiary/aromatic N) is 2. The first-order valence-electron chi connectivity index (χ1n) is 7.79. The van der Waals surface area contributed by atoms with Crippen molar-refractivity contribution in [1.82, 2.24) is 9.55 Å². The second kappa shape index (κ2) is 7.40. The van der Waals surface area contributed by atoms with E-state index in [0.717, 1.165) is 27.8 Å². The third-order valence-corrected chi connectivity index (χ3v) is 4.81. The Morgan fingerprint density at radius 3 is 2.77 bits per heavy atom. The normalized spacial score (nSPS) is 10.8. The van der Waals surface area contributed by atoms with E-state index in [4.69, 9.17) is 0 Å². The van der Waals surface area contributed by atoms with E-state index in [9.17, 15) is 14.0 Å². The molecule has 1 N–H and O–H groups in total. The standard InChI is InChI=1S/C18H15FIN3O3/c1-3-23-14(20)8-10-6-7-21-15(16(10)23)17(24)22-11-4-5-13(19)12(9-11)18(25)26-2/h4-9H,3H2,1-2H3,(H,22,24). The molecule has 6 nitrogen and oxygen atoms in total. The summed E-state index contributed by atoms with van der Waals surface area (Å²) in [6.07, 6.45) is 1.57. The summed E-state index contributed by atoms with van der Waals surface area (Å²) in [5.74, 6) is -1.97. The van der Waals surface area contributed by atoms with Gasteiger partial charge in [0.1, 0.15) is 5.82 Å². The van der Waals surface area contributed by atoms with Crippen LogP contribution in [0.4, 0.5) is 10.1 Å². The summed E-state index contributed by atoms with van der Waals surface area (Å²) in [5.41, 5.74) is 1.02. The molecular weight excluding hydrogens is 452 g/mol. The van der Waals surface area contributed by atoms with E-state index < -0.39 is 17.7 Å². The number of hydrogen-bond donors (Lipinski definition) is 1. The third-order valence-electron chi connectivity index (χ3n) is 3.92. The van der Waals surface area contributed by atoms with E-state index in [1.54, 1.807) is 6.20 Å². The predicted molar refractivity (Wildman–Crippen MR) is 104 cm³/mol. The maximum atomic E-state index is 13.7. The number of aryl methyl sites for hydroxylation is 1. The number of aromatic nitrogens is 2. The molecule has 8 heteroatoms. The van der Waals surface area contributed by atoms with Crippen LogP contribution in [-0.2, 0) is 11.3 Å². The minimum absolute atomic E-state index is 0.247. The van der Waals surface area contributed by atoms with Gasteiger partial charge in [-0.2, -0.15) is 0 Å². The molecule has 0 bridgehead atoms. The van der Waals surface area contributed by atoms with Crippen LogP contribution < -0.4 is 5.32 Å². The van der Waals surface area contributed by atoms with E-state index in [1.165, 1.54) is 12.1 Å². The lowest BCUT2D eigenvalue weighted by molar-refractivity contribution is 0.0595. The van der Waals surface area contributed by atoms with Crippen molar-refractivity contribution in [1.29, 1.82) is 0 Å². The topological polar surface area (TPSA) is 73.2 Å². The van der Waals surface area contributed by atoms with Gasteiger partial charge in [-0.05, 0) is 59.8 Å². The van der Waals surface area contributed by atoms with Crippen molar-refractivity contribution in [2.24, 2.45) is 0 Å². The first-order valence-corrected chi connectivity index (χ1v) is 8.87. The Bertz CT molecular complexity index is 1020. The van der Waals surface area contributed by atoms with Gasteiger partial charge in [-0.1, -0.05) is 0 Å².